The lowest BCUT2D eigenvalue weighted by Gasteiger charge is -2.08. The van der Waals surface area contributed by atoms with E-state index in [-0.39, 0.29) is 30.0 Å². The highest BCUT2D eigenvalue weighted by Crippen LogP contribution is 2.15. The predicted molar refractivity (Wildman–Crippen MR) is 43.9 cm³/mol. The van der Waals surface area contributed by atoms with Crippen LogP contribution in [0.1, 0.15) is 19.8 Å². The number of carbonyl (C=O) groups excluding carboxylic acids is 3. The summed E-state index contributed by atoms with van der Waals surface area (Å²) < 4.78 is 4.66. The zero-order chi connectivity index (χ0) is 10.0. The normalized spacial score (nSPS) is 17.6. The summed E-state index contributed by atoms with van der Waals surface area (Å²) in [5.41, 5.74) is 0.188. The van der Waals surface area contributed by atoms with E-state index >= 15 is 0 Å². The monoisotopic (exact) mass is 182 g/mol. The molecule has 4 nitrogen and oxygen atoms in total. The fourth-order valence-corrected chi connectivity index (χ4v) is 1.03. The number of hydrogen-bond acceptors (Lipinski definition) is 4. The summed E-state index contributed by atoms with van der Waals surface area (Å²) in [4.78, 5) is 33.0. The molecule has 1 aliphatic rings. The van der Waals surface area contributed by atoms with Gasteiger partial charge in [0.05, 0.1) is 0 Å². The van der Waals surface area contributed by atoms with Crippen molar-refractivity contribution in [2.75, 3.05) is 0 Å². The van der Waals surface area contributed by atoms with Crippen LogP contribution < -0.4 is 0 Å². The van der Waals surface area contributed by atoms with Gasteiger partial charge in [-0.2, -0.15) is 0 Å². The van der Waals surface area contributed by atoms with E-state index in [1.807, 2.05) is 0 Å². The number of ether oxygens (including phenoxy) is 1. The maximum absolute atomic E-state index is 11.0. The highest BCUT2D eigenvalue weighted by atomic mass is 16.6. The maximum Gasteiger partial charge on any atom is 0.334 e. The molecule has 0 bridgehead atoms. The van der Waals surface area contributed by atoms with Crippen LogP contribution in [0.4, 0.5) is 0 Å². The van der Waals surface area contributed by atoms with Crippen LogP contribution >= 0.6 is 0 Å². The van der Waals surface area contributed by atoms with Crippen LogP contribution in [0, 0.1) is 0 Å². The van der Waals surface area contributed by atoms with Gasteiger partial charge in [0, 0.05) is 18.4 Å². The number of ketones is 2. The van der Waals surface area contributed by atoms with E-state index in [4.69, 9.17) is 0 Å². The Labute approximate surface area is 75.6 Å². The average Bonchev–Trinajstić information content (AvgIpc) is 2.35. The van der Waals surface area contributed by atoms with E-state index in [0.29, 0.717) is 0 Å². The van der Waals surface area contributed by atoms with Crippen molar-refractivity contribution in [2.45, 2.75) is 25.9 Å². The zero-order valence-corrected chi connectivity index (χ0v) is 7.33. The first kappa shape index (κ1) is 9.64. The first-order chi connectivity index (χ1) is 6.02. The summed E-state index contributed by atoms with van der Waals surface area (Å²) >= 11 is 0. The van der Waals surface area contributed by atoms with Crippen molar-refractivity contribution in [1.82, 2.24) is 0 Å². The van der Waals surface area contributed by atoms with Crippen LogP contribution in [0.5, 0.6) is 0 Å². The quantitative estimate of drug-likeness (QED) is 0.352. The smallest absolute Gasteiger partial charge is 0.334 e. The molecule has 0 unspecified atom stereocenters. The standard InChI is InChI=1S/C9H10O4/c1-5(2)9(12)13-8-6(10)3-4-7(8)11/h8H,1,3-4H2,2H3. The van der Waals surface area contributed by atoms with Crippen molar-refractivity contribution in [3.63, 3.8) is 0 Å². The van der Waals surface area contributed by atoms with Crippen molar-refractivity contribution in [2.24, 2.45) is 0 Å². The fourth-order valence-electron chi connectivity index (χ4n) is 1.03. The van der Waals surface area contributed by atoms with Crippen LogP contribution in [-0.4, -0.2) is 23.6 Å². The molecule has 0 aromatic rings. The molecule has 0 heterocycles. The van der Waals surface area contributed by atoms with Gasteiger partial charge in [-0.15, -0.1) is 0 Å². The molecular formula is C9H10O4. The first-order valence-electron chi connectivity index (χ1n) is 3.94. The number of rotatable bonds is 2. The van der Waals surface area contributed by atoms with Gasteiger partial charge >= 0.3 is 5.97 Å². The maximum atomic E-state index is 11.0. The topological polar surface area (TPSA) is 60.4 Å². The molecule has 0 aromatic heterocycles. The third-order valence-corrected chi connectivity index (χ3v) is 1.78. The molecule has 1 fully saturated rings. The minimum atomic E-state index is -1.18. The predicted octanol–water partition coefficient (Wildman–Crippen LogP) is 0.406. The van der Waals surface area contributed by atoms with Crippen LogP contribution in [0.15, 0.2) is 12.2 Å². The summed E-state index contributed by atoms with van der Waals surface area (Å²) in [6, 6.07) is 0. The summed E-state index contributed by atoms with van der Waals surface area (Å²) in [6.45, 7) is 4.81. The highest BCUT2D eigenvalue weighted by Gasteiger charge is 2.36. The summed E-state index contributed by atoms with van der Waals surface area (Å²) in [6.07, 6.45) is -0.830. The van der Waals surface area contributed by atoms with Crippen molar-refractivity contribution in [1.29, 1.82) is 0 Å². The molecule has 0 atom stereocenters. The Balaban J connectivity index is 2.63. The Bertz CT molecular complexity index is 274. The summed E-state index contributed by atoms with van der Waals surface area (Å²) in [5, 5.41) is 0. The van der Waals surface area contributed by atoms with E-state index in [2.05, 4.69) is 11.3 Å². The number of hydrogen-bond donors (Lipinski definition) is 0. The molecule has 1 rings (SSSR count). The van der Waals surface area contributed by atoms with Gasteiger partial charge in [-0.3, -0.25) is 9.59 Å². The molecule has 0 amide bonds. The number of carbonyl (C=O) groups is 3. The van der Waals surface area contributed by atoms with E-state index in [9.17, 15) is 14.4 Å². The molecule has 70 valence electrons. The molecule has 0 N–H and O–H groups in total. The van der Waals surface area contributed by atoms with Crippen molar-refractivity contribution >= 4 is 17.5 Å². The summed E-state index contributed by atoms with van der Waals surface area (Å²) in [7, 11) is 0. The molecule has 13 heavy (non-hydrogen) atoms. The third kappa shape index (κ3) is 2.02. The van der Waals surface area contributed by atoms with Gasteiger partial charge in [0.15, 0.2) is 11.6 Å². The van der Waals surface area contributed by atoms with E-state index < -0.39 is 12.1 Å². The second kappa shape index (κ2) is 3.51. The molecule has 0 saturated heterocycles. The van der Waals surface area contributed by atoms with Gasteiger partial charge in [-0.25, -0.2) is 4.79 Å². The van der Waals surface area contributed by atoms with Crippen molar-refractivity contribution in [3.8, 4) is 0 Å². The largest absolute Gasteiger partial charge is 0.443 e. The Hall–Kier alpha value is -1.45. The highest BCUT2D eigenvalue weighted by molar-refractivity contribution is 6.12. The number of esters is 1. The minimum Gasteiger partial charge on any atom is -0.443 e. The van der Waals surface area contributed by atoms with E-state index in [0.717, 1.165) is 0 Å². The molecule has 0 radical (unpaired) electrons. The molecule has 4 heteroatoms. The van der Waals surface area contributed by atoms with Crippen LogP contribution in [0.25, 0.3) is 0 Å². The first-order valence-corrected chi connectivity index (χ1v) is 3.94. The number of Topliss-reactive ketones (excluding diaryl/α,β-unsaturated/α-hetero) is 2. The average molecular weight is 182 g/mol. The second-order valence-corrected chi connectivity index (χ2v) is 3.00. The molecule has 0 aromatic carbocycles. The Morgan fingerprint density at radius 1 is 1.38 bits per heavy atom. The molecule has 0 spiro atoms. The van der Waals surface area contributed by atoms with Crippen molar-refractivity contribution in [3.05, 3.63) is 12.2 Å². The van der Waals surface area contributed by atoms with Crippen LogP contribution in [0.3, 0.4) is 0 Å². The minimum absolute atomic E-state index is 0.174. The van der Waals surface area contributed by atoms with Gasteiger partial charge in [0.2, 0.25) is 6.10 Å². The molecule has 0 aliphatic heterocycles. The summed E-state index contributed by atoms with van der Waals surface area (Å²) in [5.74, 6) is -1.33. The lowest BCUT2D eigenvalue weighted by atomic mass is 10.2. The third-order valence-electron chi connectivity index (χ3n) is 1.78. The van der Waals surface area contributed by atoms with Crippen molar-refractivity contribution < 1.29 is 19.1 Å². The second-order valence-electron chi connectivity index (χ2n) is 3.00. The van der Waals surface area contributed by atoms with E-state index in [1.165, 1.54) is 6.92 Å². The zero-order valence-electron chi connectivity index (χ0n) is 7.33. The van der Waals surface area contributed by atoms with Gasteiger partial charge in [-0.05, 0) is 6.92 Å². The van der Waals surface area contributed by atoms with Gasteiger partial charge in [0.1, 0.15) is 0 Å². The fraction of sp³-hybridized carbons (Fsp3) is 0.444. The van der Waals surface area contributed by atoms with Gasteiger partial charge in [0.25, 0.3) is 0 Å². The molecule has 1 aliphatic carbocycles. The Morgan fingerprint density at radius 3 is 2.23 bits per heavy atom. The van der Waals surface area contributed by atoms with E-state index in [1.54, 1.807) is 0 Å². The Kier molecular flexibility index (Phi) is 2.60. The SMILES string of the molecule is C=C(C)C(=O)OC1C(=O)CCC1=O. The van der Waals surface area contributed by atoms with Crippen LogP contribution in [0.2, 0.25) is 0 Å². The lowest BCUT2D eigenvalue weighted by Crippen LogP contribution is -2.28. The molecular weight excluding hydrogens is 172 g/mol. The molecule has 1 saturated carbocycles. The van der Waals surface area contributed by atoms with Crippen LogP contribution in [-0.2, 0) is 19.1 Å². The Morgan fingerprint density at radius 2 is 1.85 bits per heavy atom. The lowest BCUT2D eigenvalue weighted by molar-refractivity contribution is -0.154. The van der Waals surface area contributed by atoms with Gasteiger partial charge in [-0.1, -0.05) is 6.58 Å². The van der Waals surface area contributed by atoms with Gasteiger partial charge < -0.3 is 4.74 Å².